The Hall–Kier alpha value is -2.34. The van der Waals surface area contributed by atoms with Crippen LogP contribution in [-0.2, 0) is 6.54 Å². The summed E-state index contributed by atoms with van der Waals surface area (Å²) in [6, 6.07) is 20.5. The standard InChI is InChI=1S/C26H32N2O2S/c1-27-15-12-25(26-7-4-18-31-26)30-24-6-3-2-5-22(24)19-28-16-13-21(14-17-28)20-8-10-23(29)11-9-20/h2-11,18,21,25,27,29H,12-17,19H2,1H3. The van der Waals surface area contributed by atoms with Gasteiger partial charge in [-0.15, -0.1) is 11.3 Å². The number of nitrogens with one attached hydrogen (secondary N) is 1. The van der Waals surface area contributed by atoms with Gasteiger partial charge in [-0.05, 0) is 80.7 Å². The fraction of sp³-hybridized carbons (Fsp3) is 0.385. The van der Waals surface area contributed by atoms with E-state index in [0.717, 1.165) is 51.2 Å². The van der Waals surface area contributed by atoms with Gasteiger partial charge in [-0.3, -0.25) is 4.90 Å². The van der Waals surface area contributed by atoms with Crippen molar-refractivity contribution in [2.24, 2.45) is 0 Å². The topological polar surface area (TPSA) is 44.7 Å². The number of benzene rings is 2. The molecule has 0 saturated carbocycles. The van der Waals surface area contributed by atoms with Gasteiger partial charge in [0.1, 0.15) is 17.6 Å². The summed E-state index contributed by atoms with van der Waals surface area (Å²) in [6.45, 7) is 4.00. The van der Waals surface area contributed by atoms with Crippen molar-refractivity contribution in [1.82, 2.24) is 10.2 Å². The maximum atomic E-state index is 9.53. The minimum absolute atomic E-state index is 0.0776. The van der Waals surface area contributed by atoms with E-state index in [9.17, 15) is 5.11 Å². The summed E-state index contributed by atoms with van der Waals surface area (Å²) in [7, 11) is 1.99. The molecule has 164 valence electrons. The SMILES string of the molecule is CNCCC(Oc1ccccc1CN1CCC(c2ccc(O)cc2)CC1)c1cccs1. The van der Waals surface area contributed by atoms with Crippen LogP contribution < -0.4 is 10.1 Å². The van der Waals surface area contributed by atoms with Gasteiger partial charge in [-0.2, -0.15) is 0 Å². The van der Waals surface area contributed by atoms with Crippen molar-refractivity contribution in [3.63, 3.8) is 0 Å². The second-order valence-electron chi connectivity index (χ2n) is 8.26. The lowest BCUT2D eigenvalue weighted by Gasteiger charge is -2.32. The van der Waals surface area contributed by atoms with Gasteiger partial charge in [-0.25, -0.2) is 0 Å². The smallest absolute Gasteiger partial charge is 0.134 e. The van der Waals surface area contributed by atoms with Gasteiger partial charge in [0.05, 0.1) is 0 Å². The monoisotopic (exact) mass is 436 g/mol. The zero-order valence-electron chi connectivity index (χ0n) is 18.2. The molecule has 3 aromatic rings. The van der Waals surface area contributed by atoms with E-state index in [1.54, 1.807) is 23.5 Å². The molecule has 0 amide bonds. The number of para-hydroxylation sites is 1. The maximum absolute atomic E-state index is 9.53. The molecule has 31 heavy (non-hydrogen) atoms. The number of piperidine rings is 1. The molecular formula is C26H32N2O2S. The van der Waals surface area contributed by atoms with E-state index in [1.165, 1.54) is 16.0 Å². The molecule has 1 aliphatic rings. The predicted octanol–water partition coefficient (Wildman–Crippen LogP) is 5.56. The van der Waals surface area contributed by atoms with Crippen LogP contribution in [0.15, 0.2) is 66.0 Å². The number of nitrogens with zero attached hydrogens (tertiary/aromatic N) is 1. The molecule has 1 atom stereocenters. The third kappa shape index (κ3) is 5.88. The molecule has 0 radical (unpaired) electrons. The van der Waals surface area contributed by atoms with Crippen LogP contribution in [0.5, 0.6) is 11.5 Å². The van der Waals surface area contributed by atoms with E-state index < -0.39 is 0 Å². The lowest BCUT2D eigenvalue weighted by atomic mass is 9.89. The van der Waals surface area contributed by atoms with Crippen LogP contribution in [0, 0.1) is 0 Å². The number of phenolic OH excluding ortho intramolecular Hbond substituents is 1. The second-order valence-corrected chi connectivity index (χ2v) is 9.24. The number of hydrogen-bond acceptors (Lipinski definition) is 5. The number of likely N-dealkylation sites (tertiary alicyclic amines) is 1. The number of aromatic hydroxyl groups is 1. The molecule has 2 heterocycles. The fourth-order valence-corrected chi connectivity index (χ4v) is 5.11. The summed E-state index contributed by atoms with van der Waals surface area (Å²) in [5.74, 6) is 1.92. The van der Waals surface area contributed by atoms with E-state index in [4.69, 9.17) is 4.74 Å². The summed E-state index contributed by atoms with van der Waals surface area (Å²) in [6.07, 6.45) is 3.32. The molecule has 2 N–H and O–H groups in total. The van der Waals surface area contributed by atoms with Crippen molar-refractivity contribution < 1.29 is 9.84 Å². The molecule has 4 rings (SSSR count). The van der Waals surface area contributed by atoms with Crippen LogP contribution in [0.1, 0.15) is 47.3 Å². The largest absolute Gasteiger partial charge is 0.508 e. The molecule has 1 saturated heterocycles. The van der Waals surface area contributed by atoms with Crippen LogP contribution >= 0.6 is 11.3 Å². The maximum Gasteiger partial charge on any atom is 0.134 e. The molecule has 2 aromatic carbocycles. The predicted molar refractivity (Wildman–Crippen MR) is 128 cm³/mol. The first kappa shape index (κ1) is 21.9. The van der Waals surface area contributed by atoms with E-state index >= 15 is 0 Å². The van der Waals surface area contributed by atoms with E-state index in [2.05, 4.69) is 64.1 Å². The summed E-state index contributed by atoms with van der Waals surface area (Å²) >= 11 is 1.76. The molecule has 0 bridgehead atoms. The highest BCUT2D eigenvalue weighted by atomic mass is 32.1. The Bertz CT molecular complexity index is 919. The minimum Gasteiger partial charge on any atom is -0.508 e. The summed E-state index contributed by atoms with van der Waals surface area (Å²) in [5.41, 5.74) is 2.60. The third-order valence-electron chi connectivity index (χ3n) is 6.10. The first-order valence-electron chi connectivity index (χ1n) is 11.2. The molecular weight excluding hydrogens is 404 g/mol. The number of thiophene rings is 1. The highest BCUT2D eigenvalue weighted by Crippen LogP contribution is 2.33. The van der Waals surface area contributed by atoms with Gasteiger partial charge in [0, 0.05) is 23.4 Å². The highest BCUT2D eigenvalue weighted by Gasteiger charge is 2.22. The van der Waals surface area contributed by atoms with Gasteiger partial charge in [0.2, 0.25) is 0 Å². The normalized spacial score (nSPS) is 16.3. The fourth-order valence-electron chi connectivity index (χ4n) is 4.32. The molecule has 0 spiro atoms. The van der Waals surface area contributed by atoms with Crippen molar-refractivity contribution in [3.05, 3.63) is 82.0 Å². The molecule has 1 unspecified atom stereocenters. The van der Waals surface area contributed by atoms with Crippen LogP contribution in [-0.4, -0.2) is 36.7 Å². The van der Waals surface area contributed by atoms with Crippen molar-refractivity contribution in [2.45, 2.75) is 37.8 Å². The van der Waals surface area contributed by atoms with Gasteiger partial charge in [0.25, 0.3) is 0 Å². The Morgan fingerprint density at radius 3 is 2.55 bits per heavy atom. The Labute approximate surface area is 189 Å². The van der Waals surface area contributed by atoms with Crippen molar-refractivity contribution in [1.29, 1.82) is 0 Å². The zero-order valence-corrected chi connectivity index (χ0v) is 19.0. The van der Waals surface area contributed by atoms with Gasteiger partial charge >= 0.3 is 0 Å². The van der Waals surface area contributed by atoms with E-state index in [1.807, 2.05) is 7.05 Å². The molecule has 1 aliphatic heterocycles. The Kier molecular flexibility index (Phi) is 7.62. The molecule has 1 aromatic heterocycles. The van der Waals surface area contributed by atoms with Gasteiger partial charge < -0.3 is 15.2 Å². The first-order chi connectivity index (χ1) is 15.2. The minimum atomic E-state index is 0.0776. The van der Waals surface area contributed by atoms with E-state index in [-0.39, 0.29) is 6.10 Å². The molecule has 5 heteroatoms. The van der Waals surface area contributed by atoms with Crippen LogP contribution in [0.25, 0.3) is 0 Å². The summed E-state index contributed by atoms with van der Waals surface area (Å²) < 4.78 is 6.56. The average Bonchev–Trinajstić information content (AvgIpc) is 3.34. The summed E-state index contributed by atoms with van der Waals surface area (Å²) in [4.78, 5) is 3.81. The van der Waals surface area contributed by atoms with Crippen LogP contribution in [0.3, 0.4) is 0 Å². The zero-order chi connectivity index (χ0) is 21.5. The average molecular weight is 437 g/mol. The number of rotatable bonds is 9. The number of hydrogen-bond donors (Lipinski definition) is 2. The van der Waals surface area contributed by atoms with Crippen LogP contribution in [0.4, 0.5) is 0 Å². The quantitative estimate of drug-likeness (QED) is 0.461. The Morgan fingerprint density at radius 1 is 1.06 bits per heavy atom. The third-order valence-corrected chi connectivity index (χ3v) is 7.07. The lowest BCUT2D eigenvalue weighted by molar-refractivity contribution is 0.181. The lowest BCUT2D eigenvalue weighted by Crippen LogP contribution is -2.32. The Balaban J connectivity index is 1.39. The Morgan fingerprint density at radius 2 is 1.84 bits per heavy atom. The summed E-state index contributed by atoms with van der Waals surface area (Å²) in [5, 5.41) is 14.9. The second kappa shape index (κ2) is 10.8. The van der Waals surface area contributed by atoms with Crippen LogP contribution in [0.2, 0.25) is 0 Å². The molecule has 4 nitrogen and oxygen atoms in total. The van der Waals surface area contributed by atoms with Crippen molar-refractivity contribution in [2.75, 3.05) is 26.7 Å². The highest BCUT2D eigenvalue weighted by molar-refractivity contribution is 7.10. The van der Waals surface area contributed by atoms with Gasteiger partial charge in [0.15, 0.2) is 0 Å². The van der Waals surface area contributed by atoms with Crippen molar-refractivity contribution in [3.8, 4) is 11.5 Å². The first-order valence-corrected chi connectivity index (χ1v) is 12.0. The van der Waals surface area contributed by atoms with Gasteiger partial charge in [-0.1, -0.05) is 36.4 Å². The molecule has 1 fully saturated rings. The number of phenols is 1. The van der Waals surface area contributed by atoms with E-state index in [0.29, 0.717) is 11.7 Å². The van der Waals surface area contributed by atoms with Crippen molar-refractivity contribution >= 4 is 11.3 Å². The number of ether oxygens (including phenoxy) is 1. The molecule has 0 aliphatic carbocycles.